The van der Waals surface area contributed by atoms with Gasteiger partial charge in [-0.3, -0.25) is 9.36 Å². The van der Waals surface area contributed by atoms with Crippen LogP contribution in [0, 0.1) is 6.92 Å². The molecule has 0 fully saturated rings. The molecule has 1 atom stereocenters. The van der Waals surface area contributed by atoms with Crippen LogP contribution >= 0.6 is 0 Å². The molecular formula is C22H27N3O3. The van der Waals surface area contributed by atoms with Crippen LogP contribution in [0.25, 0.3) is 11.0 Å². The lowest BCUT2D eigenvalue weighted by Crippen LogP contribution is -2.44. The number of benzene rings is 2. The SMILES string of the molecule is CCc1cccc(C)c1N(C(=O)Cn1c(=O)[nH]c2ccccc21)[C@@H](C)COC. The van der Waals surface area contributed by atoms with Crippen molar-refractivity contribution in [2.24, 2.45) is 0 Å². The standard InChI is InChI=1S/C22H27N3O3/c1-5-17-10-8-9-15(2)21(17)25(16(3)14-28-4)20(26)13-24-19-12-7-6-11-18(19)23-22(24)27/h6-12,16H,5,13-14H2,1-4H3,(H,23,27)/t16-/m0/s1. The van der Waals surface area contributed by atoms with Gasteiger partial charge >= 0.3 is 5.69 Å². The lowest BCUT2D eigenvalue weighted by Gasteiger charge is -2.32. The Hall–Kier alpha value is -2.86. The molecule has 0 spiro atoms. The summed E-state index contributed by atoms with van der Waals surface area (Å²) in [6.45, 7) is 6.42. The third-order valence-corrected chi connectivity index (χ3v) is 5.04. The molecule has 1 N–H and O–H groups in total. The van der Waals surface area contributed by atoms with Crippen LogP contribution in [0.15, 0.2) is 47.3 Å². The summed E-state index contributed by atoms with van der Waals surface area (Å²) in [5.41, 5.74) is 4.20. The first-order chi connectivity index (χ1) is 13.5. The molecule has 2 aromatic carbocycles. The predicted molar refractivity (Wildman–Crippen MR) is 112 cm³/mol. The average Bonchev–Trinajstić information content (AvgIpc) is 2.99. The summed E-state index contributed by atoms with van der Waals surface area (Å²) in [6.07, 6.45) is 0.813. The number of rotatable bonds is 7. The van der Waals surface area contributed by atoms with Gasteiger partial charge in [0, 0.05) is 7.11 Å². The molecule has 0 unspecified atom stereocenters. The molecule has 0 saturated carbocycles. The zero-order chi connectivity index (χ0) is 20.3. The number of ether oxygens (including phenoxy) is 1. The molecular weight excluding hydrogens is 354 g/mol. The first-order valence-corrected chi connectivity index (χ1v) is 9.55. The fourth-order valence-electron chi connectivity index (χ4n) is 3.73. The number of H-pyrrole nitrogens is 1. The molecule has 0 aliphatic carbocycles. The summed E-state index contributed by atoms with van der Waals surface area (Å²) in [5, 5.41) is 0. The molecule has 3 rings (SSSR count). The van der Waals surface area contributed by atoms with E-state index in [-0.39, 0.29) is 24.2 Å². The van der Waals surface area contributed by atoms with Gasteiger partial charge in [-0.2, -0.15) is 0 Å². The minimum Gasteiger partial charge on any atom is -0.383 e. The molecule has 28 heavy (non-hydrogen) atoms. The number of hydrogen-bond donors (Lipinski definition) is 1. The molecule has 148 valence electrons. The molecule has 6 nitrogen and oxygen atoms in total. The van der Waals surface area contributed by atoms with Crippen molar-refractivity contribution in [1.29, 1.82) is 0 Å². The number of amides is 1. The number of para-hydroxylation sites is 3. The van der Waals surface area contributed by atoms with Crippen LogP contribution in [0.4, 0.5) is 5.69 Å². The average molecular weight is 381 g/mol. The number of hydrogen-bond acceptors (Lipinski definition) is 3. The van der Waals surface area contributed by atoms with Crippen LogP contribution in [-0.4, -0.2) is 35.2 Å². The largest absolute Gasteiger partial charge is 0.383 e. The molecule has 0 aliphatic heterocycles. The van der Waals surface area contributed by atoms with Crippen LogP contribution < -0.4 is 10.6 Å². The van der Waals surface area contributed by atoms with E-state index >= 15 is 0 Å². The highest BCUT2D eigenvalue weighted by Gasteiger charge is 2.26. The molecule has 1 heterocycles. The maximum Gasteiger partial charge on any atom is 0.326 e. The summed E-state index contributed by atoms with van der Waals surface area (Å²) in [4.78, 5) is 30.5. The lowest BCUT2D eigenvalue weighted by molar-refractivity contribution is -0.119. The van der Waals surface area contributed by atoms with Crippen molar-refractivity contribution in [3.8, 4) is 0 Å². The van der Waals surface area contributed by atoms with Crippen molar-refractivity contribution < 1.29 is 9.53 Å². The Bertz CT molecular complexity index is 1030. The molecule has 0 saturated heterocycles. The second-order valence-electron chi connectivity index (χ2n) is 7.04. The Morgan fingerprint density at radius 1 is 1.21 bits per heavy atom. The zero-order valence-corrected chi connectivity index (χ0v) is 16.9. The van der Waals surface area contributed by atoms with Crippen LogP contribution in [0.2, 0.25) is 0 Å². The number of carbonyl (C=O) groups is 1. The van der Waals surface area contributed by atoms with Gasteiger partial charge < -0.3 is 14.6 Å². The normalized spacial score (nSPS) is 12.3. The second-order valence-corrected chi connectivity index (χ2v) is 7.04. The van der Waals surface area contributed by atoms with Gasteiger partial charge in [0.15, 0.2) is 0 Å². The highest BCUT2D eigenvalue weighted by Crippen LogP contribution is 2.28. The van der Waals surface area contributed by atoms with E-state index in [9.17, 15) is 9.59 Å². The highest BCUT2D eigenvalue weighted by molar-refractivity contribution is 5.96. The number of anilines is 1. The first kappa shape index (κ1) is 19.9. The van der Waals surface area contributed by atoms with Gasteiger partial charge in [0.1, 0.15) is 6.54 Å². The van der Waals surface area contributed by atoms with Gasteiger partial charge in [0.25, 0.3) is 0 Å². The fourth-order valence-corrected chi connectivity index (χ4v) is 3.73. The third kappa shape index (κ3) is 3.73. The molecule has 3 aromatic rings. The predicted octanol–water partition coefficient (Wildman–Crippen LogP) is 3.27. The van der Waals surface area contributed by atoms with E-state index in [4.69, 9.17) is 4.74 Å². The number of aryl methyl sites for hydroxylation is 2. The number of nitrogens with one attached hydrogen (secondary N) is 1. The molecule has 0 radical (unpaired) electrons. The molecule has 1 amide bonds. The van der Waals surface area contributed by atoms with Crippen molar-refractivity contribution in [2.75, 3.05) is 18.6 Å². The molecule has 6 heteroatoms. The van der Waals surface area contributed by atoms with E-state index < -0.39 is 0 Å². The Kier molecular flexibility index (Phi) is 5.99. The summed E-state index contributed by atoms with van der Waals surface area (Å²) < 4.78 is 6.82. The Labute approximate surface area is 164 Å². The number of methoxy groups -OCH3 is 1. The van der Waals surface area contributed by atoms with Crippen molar-refractivity contribution in [3.63, 3.8) is 0 Å². The van der Waals surface area contributed by atoms with E-state index in [1.165, 1.54) is 4.57 Å². The van der Waals surface area contributed by atoms with Gasteiger partial charge in [-0.05, 0) is 43.5 Å². The summed E-state index contributed by atoms with van der Waals surface area (Å²) in [5.74, 6) is -0.139. The fraction of sp³-hybridized carbons (Fsp3) is 0.364. The second kappa shape index (κ2) is 8.44. The van der Waals surface area contributed by atoms with Crippen LogP contribution in [0.1, 0.15) is 25.0 Å². The van der Waals surface area contributed by atoms with E-state index in [0.717, 1.165) is 34.3 Å². The van der Waals surface area contributed by atoms with Crippen molar-refractivity contribution in [2.45, 2.75) is 39.8 Å². The van der Waals surface area contributed by atoms with E-state index in [2.05, 4.69) is 11.9 Å². The maximum atomic E-state index is 13.4. The number of aromatic nitrogens is 2. The molecule has 1 aromatic heterocycles. The monoisotopic (exact) mass is 381 g/mol. The minimum absolute atomic E-state index is 0.0333. The number of aromatic amines is 1. The number of imidazole rings is 1. The lowest BCUT2D eigenvalue weighted by atomic mass is 10.0. The smallest absolute Gasteiger partial charge is 0.326 e. The number of nitrogens with zero attached hydrogens (tertiary/aromatic N) is 2. The van der Waals surface area contributed by atoms with E-state index in [1.807, 2.05) is 56.3 Å². The maximum absolute atomic E-state index is 13.4. The van der Waals surface area contributed by atoms with Crippen LogP contribution in [0.5, 0.6) is 0 Å². The molecule has 0 aliphatic rings. The molecule has 0 bridgehead atoms. The van der Waals surface area contributed by atoms with Crippen molar-refractivity contribution >= 4 is 22.6 Å². The van der Waals surface area contributed by atoms with Crippen molar-refractivity contribution in [1.82, 2.24) is 9.55 Å². The first-order valence-electron chi connectivity index (χ1n) is 9.55. The van der Waals surface area contributed by atoms with Gasteiger partial charge in [0.2, 0.25) is 5.91 Å². The van der Waals surface area contributed by atoms with E-state index in [0.29, 0.717) is 6.61 Å². The quantitative estimate of drug-likeness (QED) is 0.683. The van der Waals surface area contributed by atoms with Crippen LogP contribution in [0.3, 0.4) is 0 Å². The van der Waals surface area contributed by atoms with Gasteiger partial charge in [0.05, 0.1) is 29.4 Å². The van der Waals surface area contributed by atoms with E-state index in [1.54, 1.807) is 12.0 Å². The minimum atomic E-state index is -0.283. The Morgan fingerprint density at radius 3 is 2.68 bits per heavy atom. The van der Waals surface area contributed by atoms with Gasteiger partial charge in [-0.1, -0.05) is 37.3 Å². The number of carbonyl (C=O) groups excluding carboxylic acids is 1. The summed E-state index contributed by atoms with van der Waals surface area (Å²) in [6, 6.07) is 13.3. The van der Waals surface area contributed by atoms with Crippen LogP contribution in [-0.2, 0) is 22.5 Å². The summed E-state index contributed by atoms with van der Waals surface area (Å²) in [7, 11) is 1.63. The van der Waals surface area contributed by atoms with Gasteiger partial charge in [-0.25, -0.2) is 4.79 Å². The Morgan fingerprint density at radius 2 is 1.96 bits per heavy atom. The zero-order valence-electron chi connectivity index (χ0n) is 16.9. The third-order valence-electron chi connectivity index (χ3n) is 5.04. The topological polar surface area (TPSA) is 67.3 Å². The highest BCUT2D eigenvalue weighted by atomic mass is 16.5. The number of fused-ring (bicyclic) bond motifs is 1. The summed E-state index contributed by atoms with van der Waals surface area (Å²) >= 11 is 0. The Balaban J connectivity index is 2.05. The van der Waals surface area contributed by atoms with Crippen molar-refractivity contribution in [3.05, 3.63) is 64.1 Å². The van der Waals surface area contributed by atoms with Gasteiger partial charge in [-0.15, -0.1) is 0 Å².